The van der Waals surface area contributed by atoms with Crippen molar-refractivity contribution in [2.45, 2.75) is 26.4 Å². The molecular weight excluding hydrogens is 323 g/mol. The first kappa shape index (κ1) is 17.6. The van der Waals surface area contributed by atoms with Gasteiger partial charge in [0.2, 0.25) is 5.91 Å². The van der Waals surface area contributed by atoms with E-state index >= 15 is 0 Å². The van der Waals surface area contributed by atoms with Gasteiger partial charge in [-0.3, -0.25) is 14.6 Å². The molecule has 7 heteroatoms. The highest BCUT2D eigenvalue weighted by atomic mass is 19.1. The van der Waals surface area contributed by atoms with Crippen molar-refractivity contribution in [3.8, 4) is 0 Å². The van der Waals surface area contributed by atoms with Gasteiger partial charge in [-0.2, -0.15) is 0 Å². The quantitative estimate of drug-likeness (QED) is 0.893. The summed E-state index contributed by atoms with van der Waals surface area (Å²) in [4.78, 5) is 16.3. The molecule has 1 aromatic heterocycles. The average Bonchev–Trinajstić information content (AvgIpc) is 2.90. The molecule has 2 N–H and O–H groups in total. The van der Waals surface area contributed by atoms with E-state index in [1.165, 1.54) is 12.1 Å². The number of piperazine rings is 1. The Morgan fingerprint density at radius 2 is 1.88 bits per heavy atom. The summed E-state index contributed by atoms with van der Waals surface area (Å²) in [6.07, 6.45) is 0. The lowest BCUT2D eigenvalue weighted by molar-refractivity contribution is -0.124. The first-order valence-corrected chi connectivity index (χ1v) is 8.38. The second-order valence-corrected chi connectivity index (χ2v) is 6.47. The van der Waals surface area contributed by atoms with Crippen molar-refractivity contribution in [3.63, 3.8) is 0 Å². The molecule has 1 amide bonds. The molecule has 1 atom stereocenters. The van der Waals surface area contributed by atoms with Crippen LogP contribution >= 0.6 is 0 Å². The maximum atomic E-state index is 13.1. The van der Waals surface area contributed by atoms with Gasteiger partial charge in [0.05, 0.1) is 5.69 Å². The Balaban J connectivity index is 1.65. The molecule has 0 unspecified atom stereocenters. The molecule has 6 nitrogen and oxygen atoms in total. The van der Waals surface area contributed by atoms with Gasteiger partial charge in [-0.15, -0.1) is 0 Å². The Morgan fingerprint density at radius 3 is 2.40 bits per heavy atom. The smallest absolute Gasteiger partial charge is 0.239 e. The lowest BCUT2D eigenvalue weighted by Crippen LogP contribution is -2.50. The summed E-state index contributed by atoms with van der Waals surface area (Å²) >= 11 is 0. The van der Waals surface area contributed by atoms with Crippen molar-refractivity contribution < 1.29 is 13.7 Å². The van der Waals surface area contributed by atoms with E-state index in [4.69, 9.17) is 10.3 Å². The van der Waals surface area contributed by atoms with E-state index in [1.54, 1.807) is 12.1 Å². The molecule has 3 rings (SSSR count). The van der Waals surface area contributed by atoms with Crippen molar-refractivity contribution in [1.29, 1.82) is 0 Å². The first-order valence-electron chi connectivity index (χ1n) is 8.38. The number of aryl methyl sites for hydroxylation is 2. The fourth-order valence-corrected chi connectivity index (χ4v) is 3.33. The van der Waals surface area contributed by atoms with Crippen LogP contribution in [0.15, 0.2) is 28.8 Å². The van der Waals surface area contributed by atoms with E-state index in [0.717, 1.165) is 42.2 Å². The maximum Gasteiger partial charge on any atom is 0.239 e. The van der Waals surface area contributed by atoms with Crippen molar-refractivity contribution >= 4 is 5.91 Å². The van der Waals surface area contributed by atoms with E-state index in [0.29, 0.717) is 13.1 Å². The van der Waals surface area contributed by atoms with Crippen molar-refractivity contribution in [2.24, 2.45) is 5.73 Å². The molecule has 2 aromatic rings. The van der Waals surface area contributed by atoms with Gasteiger partial charge in [-0.25, -0.2) is 4.39 Å². The fraction of sp³-hybridized carbons (Fsp3) is 0.444. The largest absolute Gasteiger partial charge is 0.368 e. The van der Waals surface area contributed by atoms with Gasteiger partial charge >= 0.3 is 0 Å². The number of carbonyl (C=O) groups is 1. The normalized spacial score (nSPS) is 17.6. The standard InChI is InChI=1S/C18H23FN4O2/c1-12-16(13(2)25-21-12)11-22-7-9-23(10-8-22)17(18(20)24)14-3-5-15(19)6-4-14/h3-6,17H,7-11H2,1-2H3,(H2,20,24)/t17-/m1/s1. The summed E-state index contributed by atoms with van der Waals surface area (Å²) in [6, 6.07) is 5.45. The van der Waals surface area contributed by atoms with Crippen LogP contribution in [0.25, 0.3) is 0 Å². The lowest BCUT2D eigenvalue weighted by atomic mass is 10.0. The molecule has 1 aliphatic rings. The number of hydrogen-bond donors (Lipinski definition) is 1. The first-order chi connectivity index (χ1) is 12.0. The number of hydrogen-bond acceptors (Lipinski definition) is 5. The van der Waals surface area contributed by atoms with Gasteiger partial charge in [-0.1, -0.05) is 17.3 Å². The number of benzene rings is 1. The Hall–Kier alpha value is -2.25. The number of carbonyl (C=O) groups excluding carboxylic acids is 1. The van der Waals surface area contributed by atoms with Gasteiger partial charge in [0.15, 0.2) is 0 Å². The Morgan fingerprint density at radius 1 is 1.24 bits per heavy atom. The highest BCUT2D eigenvalue weighted by molar-refractivity contribution is 5.81. The molecule has 0 bridgehead atoms. The third-order valence-corrected chi connectivity index (χ3v) is 4.79. The molecule has 1 saturated heterocycles. The minimum absolute atomic E-state index is 0.323. The topological polar surface area (TPSA) is 75.6 Å². The second-order valence-electron chi connectivity index (χ2n) is 6.47. The van der Waals surface area contributed by atoms with Crippen LogP contribution in [0.5, 0.6) is 0 Å². The molecular formula is C18H23FN4O2. The molecule has 0 spiro atoms. The zero-order valence-electron chi connectivity index (χ0n) is 14.5. The number of halogens is 1. The van der Waals surface area contributed by atoms with Crippen LogP contribution in [0.2, 0.25) is 0 Å². The predicted octanol–water partition coefficient (Wildman–Crippen LogP) is 1.77. The summed E-state index contributed by atoms with van der Waals surface area (Å²) in [6.45, 7) is 7.71. The number of primary amides is 1. The van der Waals surface area contributed by atoms with Crippen LogP contribution in [0.4, 0.5) is 4.39 Å². The van der Waals surface area contributed by atoms with E-state index in [9.17, 15) is 9.18 Å². The van der Waals surface area contributed by atoms with Gasteiger partial charge in [0.1, 0.15) is 17.6 Å². The fourth-order valence-electron chi connectivity index (χ4n) is 3.33. The SMILES string of the molecule is Cc1noc(C)c1CN1CCN([C@@H](C(N)=O)c2ccc(F)cc2)CC1. The zero-order chi connectivity index (χ0) is 18.0. The van der Waals surface area contributed by atoms with E-state index in [2.05, 4.69) is 15.0 Å². The summed E-state index contributed by atoms with van der Waals surface area (Å²) in [7, 11) is 0. The molecule has 1 aromatic carbocycles. The maximum absolute atomic E-state index is 13.1. The van der Waals surface area contributed by atoms with Crippen LogP contribution in [0, 0.1) is 19.7 Å². The molecule has 134 valence electrons. The number of amides is 1. The van der Waals surface area contributed by atoms with Crippen LogP contribution in [0.1, 0.15) is 28.6 Å². The van der Waals surface area contributed by atoms with Gasteiger partial charge in [0.25, 0.3) is 0 Å². The molecule has 1 aliphatic heterocycles. The molecule has 2 heterocycles. The highest BCUT2D eigenvalue weighted by Gasteiger charge is 2.29. The Bertz CT molecular complexity index is 717. The van der Waals surface area contributed by atoms with Crippen molar-refractivity contribution in [2.75, 3.05) is 26.2 Å². The van der Waals surface area contributed by atoms with Crippen LogP contribution in [-0.4, -0.2) is 47.0 Å². The summed E-state index contributed by atoms with van der Waals surface area (Å²) in [5.74, 6) is 0.114. The predicted molar refractivity (Wildman–Crippen MR) is 91.2 cm³/mol. The van der Waals surface area contributed by atoms with E-state index in [1.807, 2.05) is 13.8 Å². The molecule has 1 fully saturated rings. The van der Waals surface area contributed by atoms with Gasteiger partial charge in [-0.05, 0) is 31.5 Å². The minimum atomic E-state index is -0.526. The summed E-state index contributed by atoms with van der Waals surface area (Å²) in [5.41, 5.74) is 8.38. The monoisotopic (exact) mass is 346 g/mol. The zero-order valence-corrected chi connectivity index (χ0v) is 14.5. The Labute approximate surface area is 146 Å². The van der Waals surface area contributed by atoms with E-state index in [-0.39, 0.29) is 5.82 Å². The molecule has 25 heavy (non-hydrogen) atoms. The van der Waals surface area contributed by atoms with E-state index < -0.39 is 11.9 Å². The van der Waals surface area contributed by atoms with Crippen LogP contribution in [0.3, 0.4) is 0 Å². The van der Waals surface area contributed by atoms with Crippen LogP contribution < -0.4 is 5.73 Å². The van der Waals surface area contributed by atoms with Gasteiger partial charge < -0.3 is 10.3 Å². The number of aromatic nitrogens is 1. The average molecular weight is 346 g/mol. The number of nitrogens with zero attached hydrogens (tertiary/aromatic N) is 3. The number of rotatable bonds is 5. The summed E-state index contributed by atoms with van der Waals surface area (Å²) < 4.78 is 18.4. The second kappa shape index (κ2) is 7.33. The van der Waals surface area contributed by atoms with Crippen LogP contribution in [-0.2, 0) is 11.3 Å². The molecule has 0 aliphatic carbocycles. The molecule has 0 saturated carbocycles. The number of nitrogens with two attached hydrogens (primary N) is 1. The highest BCUT2D eigenvalue weighted by Crippen LogP contribution is 2.23. The van der Waals surface area contributed by atoms with Gasteiger partial charge in [0, 0.05) is 38.3 Å². The third-order valence-electron chi connectivity index (χ3n) is 4.79. The minimum Gasteiger partial charge on any atom is -0.368 e. The third kappa shape index (κ3) is 3.88. The van der Waals surface area contributed by atoms with Crippen molar-refractivity contribution in [1.82, 2.24) is 15.0 Å². The Kier molecular flexibility index (Phi) is 5.15. The van der Waals surface area contributed by atoms with Crippen molar-refractivity contribution in [3.05, 3.63) is 52.7 Å². The summed E-state index contributed by atoms with van der Waals surface area (Å²) in [5, 5.41) is 3.99. The lowest BCUT2D eigenvalue weighted by Gasteiger charge is -2.38. The molecule has 0 radical (unpaired) electrons.